The fraction of sp³-hybridized carbons (Fsp3) is 1.00. The van der Waals surface area contributed by atoms with Crippen molar-refractivity contribution in [2.45, 2.75) is 23.9 Å². The maximum Gasteiger partial charge on any atom is 0.469 e. The summed E-state index contributed by atoms with van der Waals surface area (Å²) in [5, 5.41) is 37.0. The van der Waals surface area contributed by atoms with E-state index in [0.29, 0.717) is 0 Å². The second-order valence-electron chi connectivity index (χ2n) is 3.76. The molecule has 0 aromatic carbocycles. The van der Waals surface area contributed by atoms with Crippen molar-refractivity contribution >= 4 is 7.82 Å². The minimum absolute atomic E-state index is 0.615. The normalized spacial score (nSPS) is 38.6. The number of phosphoric ester groups is 1. The van der Waals surface area contributed by atoms with Crippen LogP contribution in [0.15, 0.2) is 0 Å². The van der Waals surface area contributed by atoms with Gasteiger partial charge in [-0.3, -0.25) is 4.52 Å². The second kappa shape index (κ2) is 5.27. The van der Waals surface area contributed by atoms with Gasteiger partial charge in [0.05, 0.1) is 19.8 Å². The molecule has 1 saturated heterocycles. The fourth-order valence-electron chi connectivity index (χ4n) is 1.59. The number of aliphatic hydroxyl groups is 4. The molecule has 0 aliphatic carbocycles. The Morgan fingerprint density at radius 1 is 1.29 bits per heavy atom. The predicted molar refractivity (Wildman–Crippen MR) is 51.8 cm³/mol. The van der Waals surface area contributed by atoms with Crippen molar-refractivity contribution < 1.29 is 44.0 Å². The van der Waals surface area contributed by atoms with E-state index < -0.39 is 51.6 Å². The van der Waals surface area contributed by atoms with Gasteiger partial charge in [0.15, 0.2) is 0 Å². The highest BCUT2D eigenvalue weighted by molar-refractivity contribution is 7.46. The molecule has 1 aliphatic heterocycles. The van der Waals surface area contributed by atoms with E-state index in [1.807, 2.05) is 0 Å². The van der Waals surface area contributed by atoms with E-state index in [1.54, 1.807) is 0 Å². The Hall–Kier alpha value is -0.0900. The maximum absolute atomic E-state index is 10.5. The van der Waals surface area contributed by atoms with Gasteiger partial charge in [-0.15, -0.1) is 0 Å². The molecule has 0 saturated carbocycles. The van der Waals surface area contributed by atoms with E-state index in [2.05, 4.69) is 4.52 Å². The highest BCUT2D eigenvalue weighted by Gasteiger charge is 2.54. The molecule has 1 aliphatic rings. The summed E-state index contributed by atoms with van der Waals surface area (Å²) in [6, 6.07) is 0. The monoisotopic (exact) mass is 274 g/mol. The largest absolute Gasteiger partial charge is 0.469 e. The minimum atomic E-state index is -4.79. The Bertz CT molecular complexity index is 304. The summed E-state index contributed by atoms with van der Waals surface area (Å²) in [7, 11) is -4.79. The lowest BCUT2D eigenvalue weighted by Gasteiger charge is -2.29. The minimum Gasteiger partial charge on any atom is -0.394 e. The third-order valence-corrected chi connectivity index (χ3v) is 3.02. The van der Waals surface area contributed by atoms with Crippen LogP contribution in [0, 0.1) is 0 Å². The molecule has 9 nitrogen and oxygen atoms in total. The number of phosphoric acid groups is 1. The molecular formula is C7H15O9P. The quantitative estimate of drug-likeness (QED) is 0.286. The standard InChI is InChI=1S/C7H15O9P/c8-1-4-5(10)6(11)7(2-9,16-4)3-15-17(12,13)14/h4-6,8-11H,1-3H2,(H2,12,13,14)/t4-,5-,6+,7-/m1/s1. The van der Waals surface area contributed by atoms with Crippen LogP contribution in [-0.2, 0) is 13.8 Å². The molecule has 4 atom stereocenters. The van der Waals surface area contributed by atoms with Crippen molar-refractivity contribution in [1.29, 1.82) is 0 Å². The van der Waals surface area contributed by atoms with Gasteiger partial charge in [0.25, 0.3) is 0 Å². The number of ether oxygens (including phenoxy) is 1. The summed E-state index contributed by atoms with van der Waals surface area (Å²) < 4.78 is 19.7. The van der Waals surface area contributed by atoms with E-state index in [4.69, 9.17) is 24.7 Å². The van der Waals surface area contributed by atoms with Gasteiger partial charge in [-0.1, -0.05) is 0 Å². The van der Waals surface area contributed by atoms with Crippen molar-refractivity contribution in [3.05, 3.63) is 0 Å². The molecule has 0 radical (unpaired) electrons. The summed E-state index contributed by atoms with van der Waals surface area (Å²) >= 11 is 0. The van der Waals surface area contributed by atoms with Crippen LogP contribution in [-0.4, -0.2) is 73.9 Å². The van der Waals surface area contributed by atoms with E-state index in [0.717, 1.165) is 0 Å². The number of hydrogen-bond donors (Lipinski definition) is 6. The summed E-state index contributed by atoms with van der Waals surface area (Å²) in [4.78, 5) is 17.0. The molecule has 1 rings (SSSR count). The van der Waals surface area contributed by atoms with E-state index in [-0.39, 0.29) is 0 Å². The summed E-state index contributed by atoms with van der Waals surface area (Å²) in [5.74, 6) is 0. The van der Waals surface area contributed by atoms with Crippen LogP contribution < -0.4 is 0 Å². The third kappa shape index (κ3) is 3.22. The highest BCUT2D eigenvalue weighted by atomic mass is 31.2. The molecule has 6 N–H and O–H groups in total. The van der Waals surface area contributed by atoms with Gasteiger partial charge in [0.1, 0.15) is 23.9 Å². The zero-order chi connectivity index (χ0) is 13.3. The van der Waals surface area contributed by atoms with Gasteiger partial charge >= 0.3 is 7.82 Å². The van der Waals surface area contributed by atoms with Crippen LogP contribution in [0.4, 0.5) is 0 Å². The van der Waals surface area contributed by atoms with E-state index in [1.165, 1.54) is 0 Å². The lowest BCUT2D eigenvalue weighted by molar-refractivity contribution is -0.139. The maximum atomic E-state index is 10.5. The van der Waals surface area contributed by atoms with E-state index in [9.17, 15) is 14.8 Å². The Balaban J connectivity index is 2.79. The molecule has 0 bridgehead atoms. The summed E-state index contributed by atoms with van der Waals surface area (Å²) in [6.45, 7) is -2.26. The first kappa shape index (κ1) is 15.0. The van der Waals surface area contributed by atoms with Gasteiger partial charge in [-0.05, 0) is 0 Å². The molecule has 0 aromatic rings. The Morgan fingerprint density at radius 2 is 1.88 bits per heavy atom. The van der Waals surface area contributed by atoms with Crippen molar-refractivity contribution in [2.75, 3.05) is 19.8 Å². The molecule has 0 unspecified atom stereocenters. The van der Waals surface area contributed by atoms with Crippen LogP contribution in [0.3, 0.4) is 0 Å². The van der Waals surface area contributed by atoms with Crippen LogP contribution in [0.5, 0.6) is 0 Å². The topological polar surface area (TPSA) is 157 Å². The third-order valence-electron chi connectivity index (χ3n) is 2.55. The zero-order valence-electron chi connectivity index (χ0n) is 8.71. The molecule has 1 fully saturated rings. The van der Waals surface area contributed by atoms with Gasteiger partial charge < -0.3 is 34.9 Å². The SMILES string of the molecule is O=P(O)(O)OC[C@@]1(CO)O[C@H](CO)[C@@H](O)[C@@H]1O. The Morgan fingerprint density at radius 3 is 2.24 bits per heavy atom. The Labute approximate surface area is 96.5 Å². The average molecular weight is 274 g/mol. The average Bonchev–Trinajstić information content (AvgIpc) is 2.50. The number of rotatable bonds is 5. The van der Waals surface area contributed by atoms with Gasteiger partial charge in [-0.2, -0.15) is 0 Å². The molecule has 0 aromatic heterocycles. The molecule has 1 heterocycles. The molecule has 17 heavy (non-hydrogen) atoms. The number of hydrogen-bond acceptors (Lipinski definition) is 7. The van der Waals surface area contributed by atoms with Crippen molar-refractivity contribution in [3.8, 4) is 0 Å². The molecule has 10 heteroatoms. The van der Waals surface area contributed by atoms with Crippen molar-refractivity contribution in [3.63, 3.8) is 0 Å². The predicted octanol–water partition coefficient (Wildman–Crippen LogP) is -3.06. The second-order valence-corrected chi connectivity index (χ2v) is 5.00. The van der Waals surface area contributed by atoms with Crippen LogP contribution in [0.2, 0.25) is 0 Å². The van der Waals surface area contributed by atoms with Gasteiger partial charge in [0, 0.05) is 0 Å². The lowest BCUT2D eigenvalue weighted by atomic mass is 9.96. The van der Waals surface area contributed by atoms with Crippen LogP contribution >= 0.6 is 7.82 Å². The first-order valence-electron chi connectivity index (χ1n) is 4.71. The summed E-state index contributed by atoms with van der Waals surface area (Å²) in [5.41, 5.74) is -1.87. The lowest BCUT2D eigenvalue weighted by Crippen LogP contribution is -2.49. The first-order chi connectivity index (χ1) is 7.75. The van der Waals surface area contributed by atoms with Gasteiger partial charge in [-0.25, -0.2) is 4.57 Å². The highest BCUT2D eigenvalue weighted by Crippen LogP contribution is 2.40. The van der Waals surface area contributed by atoms with Crippen LogP contribution in [0.1, 0.15) is 0 Å². The van der Waals surface area contributed by atoms with E-state index >= 15 is 0 Å². The smallest absolute Gasteiger partial charge is 0.394 e. The molecule has 0 spiro atoms. The van der Waals surface area contributed by atoms with Crippen molar-refractivity contribution in [1.82, 2.24) is 0 Å². The fourth-order valence-corrected chi connectivity index (χ4v) is 1.98. The summed E-state index contributed by atoms with van der Waals surface area (Å²) in [6.07, 6.45) is -4.26. The van der Waals surface area contributed by atoms with Crippen molar-refractivity contribution in [2.24, 2.45) is 0 Å². The zero-order valence-corrected chi connectivity index (χ0v) is 9.60. The first-order valence-corrected chi connectivity index (χ1v) is 6.24. The Kier molecular flexibility index (Phi) is 4.64. The van der Waals surface area contributed by atoms with Crippen LogP contribution in [0.25, 0.3) is 0 Å². The van der Waals surface area contributed by atoms with Gasteiger partial charge in [0.2, 0.25) is 0 Å². The molecule has 102 valence electrons. The molecular weight excluding hydrogens is 259 g/mol. The number of aliphatic hydroxyl groups excluding tert-OH is 4. The molecule has 0 amide bonds.